The van der Waals surface area contributed by atoms with Crippen LogP contribution in [0.2, 0.25) is 0 Å². The molecule has 3 amide bonds. The summed E-state index contributed by atoms with van der Waals surface area (Å²) in [5, 5.41) is 9.16. The summed E-state index contributed by atoms with van der Waals surface area (Å²) in [6.45, 7) is 3.52. The Morgan fingerprint density at radius 2 is 1.85 bits per heavy atom. The molecule has 0 bridgehead atoms. The molecular formula is C27H34N4O3. The second-order valence-electron chi connectivity index (χ2n) is 9.53. The summed E-state index contributed by atoms with van der Waals surface area (Å²) in [5.74, 6) is 0.328. The van der Waals surface area contributed by atoms with E-state index in [4.69, 9.17) is 0 Å². The summed E-state index contributed by atoms with van der Waals surface area (Å²) in [6.07, 6.45) is 5.00. The Morgan fingerprint density at radius 1 is 1.06 bits per heavy atom. The Morgan fingerprint density at radius 3 is 2.65 bits per heavy atom. The summed E-state index contributed by atoms with van der Waals surface area (Å²) >= 11 is 0. The van der Waals surface area contributed by atoms with Gasteiger partial charge >= 0.3 is 6.03 Å². The van der Waals surface area contributed by atoms with E-state index >= 15 is 0 Å². The summed E-state index contributed by atoms with van der Waals surface area (Å²) in [6, 6.07) is 17.1. The van der Waals surface area contributed by atoms with Gasteiger partial charge in [0, 0.05) is 36.4 Å². The van der Waals surface area contributed by atoms with Crippen LogP contribution in [0.15, 0.2) is 54.6 Å². The van der Waals surface area contributed by atoms with Crippen molar-refractivity contribution < 1.29 is 14.4 Å². The highest BCUT2D eigenvalue weighted by Crippen LogP contribution is 2.26. The van der Waals surface area contributed by atoms with Crippen molar-refractivity contribution in [2.24, 2.45) is 5.92 Å². The third-order valence-corrected chi connectivity index (χ3v) is 6.78. The minimum atomic E-state index is -0.254. The number of piperazine rings is 1. The number of ketones is 1. The van der Waals surface area contributed by atoms with Crippen molar-refractivity contribution in [2.75, 3.05) is 25.0 Å². The number of hydrogen-bond acceptors (Lipinski definition) is 4. The van der Waals surface area contributed by atoms with E-state index in [0.29, 0.717) is 23.7 Å². The number of hydrogen-bond donors (Lipinski definition) is 3. The quantitative estimate of drug-likeness (QED) is 0.548. The highest BCUT2D eigenvalue weighted by atomic mass is 16.2. The maximum absolute atomic E-state index is 12.7. The number of carbonyl (C=O) groups excluding carboxylic acids is 3. The van der Waals surface area contributed by atoms with Crippen molar-refractivity contribution in [2.45, 2.75) is 51.1 Å². The Hall–Kier alpha value is -3.19. The van der Waals surface area contributed by atoms with Crippen LogP contribution in [-0.2, 0) is 11.2 Å². The summed E-state index contributed by atoms with van der Waals surface area (Å²) in [4.78, 5) is 39.0. The minimum Gasteiger partial charge on any atom is -0.351 e. The number of carbonyl (C=O) groups is 3. The number of rotatable bonds is 7. The van der Waals surface area contributed by atoms with Crippen molar-refractivity contribution in [3.8, 4) is 0 Å². The first-order valence-electron chi connectivity index (χ1n) is 12.2. The van der Waals surface area contributed by atoms with Gasteiger partial charge in [-0.05, 0) is 49.8 Å². The number of anilines is 1. The normalized spacial score (nSPS) is 23.1. The van der Waals surface area contributed by atoms with Gasteiger partial charge in [-0.25, -0.2) is 4.79 Å². The number of amides is 3. The van der Waals surface area contributed by atoms with Crippen LogP contribution in [-0.4, -0.2) is 54.3 Å². The van der Waals surface area contributed by atoms with Gasteiger partial charge in [0.1, 0.15) is 0 Å². The fourth-order valence-corrected chi connectivity index (χ4v) is 5.15. The maximum atomic E-state index is 12.7. The largest absolute Gasteiger partial charge is 0.351 e. The number of benzene rings is 2. The zero-order chi connectivity index (χ0) is 23.9. The first-order valence-corrected chi connectivity index (χ1v) is 12.2. The minimum absolute atomic E-state index is 0.0347. The second kappa shape index (κ2) is 11.3. The molecule has 0 radical (unpaired) electrons. The average molecular weight is 463 g/mol. The zero-order valence-corrected chi connectivity index (χ0v) is 19.8. The third-order valence-electron chi connectivity index (χ3n) is 6.78. The van der Waals surface area contributed by atoms with Gasteiger partial charge in [0.05, 0.1) is 6.54 Å². The lowest BCUT2D eigenvalue weighted by Crippen LogP contribution is -2.57. The number of urea groups is 1. The van der Waals surface area contributed by atoms with Crippen molar-refractivity contribution in [1.29, 1.82) is 0 Å². The van der Waals surface area contributed by atoms with Gasteiger partial charge in [0.15, 0.2) is 5.78 Å². The molecule has 4 rings (SSSR count). The number of Topliss-reactive ketones (excluding diaryl/α,β-unsaturated/α-hetero) is 1. The molecule has 2 aromatic carbocycles. The van der Waals surface area contributed by atoms with E-state index in [9.17, 15) is 14.4 Å². The lowest BCUT2D eigenvalue weighted by molar-refractivity contribution is -0.125. The average Bonchev–Trinajstić information content (AvgIpc) is 2.81. The van der Waals surface area contributed by atoms with Gasteiger partial charge in [-0.3, -0.25) is 14.5 Å². The van der Waals surface area contributed by atoms with E-state index in [0.717, 1.165) is 45.2 Å². The predicted molar refractivity (Wildman–Crippen MR) is 133 cm³/mol. The fourth-order valence-electron chi connectivity index (χ4n) is 5.15. The molecule has 1 heterocycles. The van der Waals surface area contributed by atoms with Crippen LogP contribution < -0.4 is 16.0 Å². The van der Waals surface area contributed by atoms with Gasteiger partial charge in [-0.15, -0.1) is 0 Å². The Balaban J connectivity index is 1.34. The molecule has 1 aliphatic heterocycles. The molecule has 1 saturated carbocycles. The van der Waals surface area contributed by atoms with Crippen molar-refractivity contribution in [1.82, 2.24) is 15.5 Å². The van der Waals surface area contributed by atoms with Gasteiger partial charge < -0.3 is 16.0 Å². The van der Waals surface area contributed by atoms with Crippen LogP contribution in [0.25, 0.3) is 0 Å². The molecule has 2 aliphatic rings. The molecule has 180 valence electrons. The topological polar surface area (TPSA) is 90.5 Å². The number of nitrogens with zero attached hydrogens (tertiary/aromatic N) is 1. The first-order chi connectivity index (χ1) is 16.5. The number of nitrogens with one attached hydrogen (secondary N) is 3. The van der Waals surface area contributed by atoms with Crippen LogP contribution in [0, 0.1) is 5.92 Å². The van der Waals surface area contributed by atoms with Gasteiger partial charge in [0.25, 0.3) is 0 Å². The standard InChI is InChI=1S/C27H34N4O3/c1-19(32)21-11-7-12-23(15-21)29-27(34)30-25-13-6-5-10-22(25)16-31-17-24(28-26(33)18-31)14-20-8-3-2-4-9-20/h2-4,7-9,11-12,15,22,24-25H,5-6,10,13-14,16-18H2,1H3,(H,28,33)(H2,29,30,34)/t22-,24?,25+/m0/s1. The van der Waals surface area contributed by atoms with E-state index in [-0.39, 0.29) is 29.8 Å². The van der Waals surface area contributed by atoms with E-state index in [1.54, 1.807) is 24.3 Å². The highest BCUT2D eigenvalue weighted by Gasteiger charge is 2.31. The van der Waals surface area contributed by atoms with Crippen molar-refractivity contribution in [3.05, 3.63) is 65.7 Å². The summed E-state index contributed by atoms with van der Waals surface area (Å²) < 4.78 is 0. The predicted octanol–water partition coefficient (Wildman–Crippen LogP) is 3.61. The monoisotopic (exact) mass is 462 g/mol. The molecule has 1 aliphatic carbocycles. The maximum Gasteiger partial charge on any atom is 0.319 e. The van der Waals surface area contributed by atoms with Crippen molar-refractivity contribution in [3.63, 3.8) is 0 Å². The van der Waals surface area contributed by atoms with E-state index < -0.39 is 0 Å². The van der Waals surface area contributed by atoms with Crippen LogP contribution in [0.5, 0.6) is 0 Å². The van der Waals surface area contributed by atoms with E-state index in [2.05, 4.69) is 33.0 Å². The molecule has 1 unspecified atom stereocenters. The summed E-state index contributed by atoms with van der Waals surface area (Å²) in [5.41, 5.74) is 2.40. The SMILES string of the molecule is CC(=O)c1cccc(NC(=O)N[C@@H]2CCCC[C@H]2CN2CC(=O)NC(Cc3ccccc3)C2)c1. The van der Waals surface area contributed by atoms with E-state index in [1.807, 2.05) is 18.2 Å². The zero-order valence-electron chi connectivity index (χ0n) is 19.8. The molecule has 1 saturated heterocycles. The molecule has 34 heavy (non-hydrogen) atoms. The Bertz CT molecular complexity index is 1010. The van der Waals surface area contributed by atoms with Crippen molar-refractivity contribution >= 4 is 23.4 Å². The van der Waals surface area contributed by atoms with Gasteiger partial charge in [0.2, 0.25) is 5.91 Å². The Labute approximate surface area is 201 Å². The second-order valence-corrected chi connectivity index (χ2v) is 9.53. The summed E-state index contributed by atoms with van der Waals surface area (Å²) in [7, 11) is 0. The smallest absolute Gasteiger partial charge is 0.319 e. The first kappa shape index (κ1) is 24.0. The Kier molecular flexibility index (Phi) is 7.95. The van der Waals surface area contributed by atoms with Gasteiger partial charge in [-0.2, -0.15) is 0 Å². The molecule has 3 atom stereocenters. The van der Waals surface area contributed by atoms with Gasteiger partial charge in [-0.1, -0.05) is 55.3 Å². The van der Waals surface area contributed by atoms with Crippen LogP contribution >= 0.6 is 0 Å². The van der Waals surface area contributed by atoms with Crippen LogP contribution in [0.4, 0.5) is 10.5 Å². The fraction of sp³-hybridized carbons (Fsp3) is 0.444. The molecule has 7 heteroatoms. The molecule has 2 aromatic rings. The lowest BCUT2D eigenvalue weighted by atomic mass is 9.84. The highest BCUT2D eigenvalue weighted by molar-refractivity contribution is 5.96. The van der Waals surface area contributed by atoms with Crippen LogP contribution in [0.3, 0.4) is 0 Å². The lowest BCUT2D eigenvalue weighted by Gasteiger charge is -2.39. The molecule has 0 aromatic heterocycles. The molecule has 7 nitrogen and oxygen atoms in total. The molecule has 0 spiro atoms. The van der Waals surface area contributed by atoms with Crippen LogP contribution in [0.1, 0.15) is 48.5 Å². The molecule has 3 N–H and O–H groups in total. The molecular weight excluding hydrogens is 428 g/mol. The third kappa shape index (κ3) is 6.67. The molecule has 2 fully saturated rings. The van der Waals surface area contributed by atoms with E-state index in [1.165, 1.54) is 12.5 Å².